The van der Waals surface area contributed by atoms with Gasteiger partial charge in [-0.1, -0.05) is 24.3 Å². The molecule has 0 aliphatic carbocycles. The molecule has 0 saturated heterocycles. The number of ether oxygens (including phenoxy) is 1. The van der Waals surface area contributed by atoms with Crippen LogP contribution in [0.2, 0.25) is 0 Å². The van der Waals surface area contributed by atoms with Crippen molar-refractivity contribution in [2.24, 2.45) is 0 Å². The van der Waals surface area contributed by atoms with Crippen molar-refractivity contribution < 1.29 is 19.7 Å². The molecular weight excluding hydrogens is 370 g/mol. The van der Waals surface area contributed by atoms with Crippen LogP contribution in [0.1, 0.15) is 10.4 Å². The number of aromatic nitrogens is 2. The standard InChI is InChI=1S/C22H17N3O4/c1-29-20-11-14(7-9-19(20)26)13-6-8-17-16(10-13)21(24-12-23-17)25-18-5-3-2-4-15(18)22(27)28/h2-12,26H,1H3,(H,27,28)(H,23,24,25). The maximum Gasteiger partial charge on any atom is 0.337 e. The number of hydrogen-bond acceptors (Lipinski definition) is 6. The number of rotatable bonds is 5. The number of anilines is 2. The monoisotopic (exact) mass is 387 g/mol. The highest BCUT2D eigenvalue weighted by Gasteiger charge is 2.13. The van der Waals surface area contributed by atoms with E-state index in [1.165, 1.54) is 19.5 Å². The van der Waals surface area contributed by atoms with E-state index >= 15 is 0 Å². The molecule has 4 aromatic rings. The van der Waals surface area contributed by atoms with Gasteiger partial charge in [0.1, 0.15) is 12.1 Å². The lowest BCUT2D eigenvalue weighted by atomic mass is 10.0. The highest BCUT2D eigenvalue weighted by Crippen LogP contribution is 2.34. The average molecular weight is 387 g/mol. The first-order chi connectivity index (χ1) is 14.1. The van der Waals surface area contributed by atoms with Crippen LogP contribution in [-0.2, 0) is 0 Å². The second kappa shape index (κ2) is 7.47. The third-order valence-electron chi connectivity index (χ3n) is 4.56. The summed E-state index contributed by atoms with van der Waals surface area (Å²) in [5, 5.41) is 23.1. The molecule has 3 N–H and O–H groups in total. The van der Waals surface area contributed by atoms with Crippen LogP contribution in [0.3, 0.4) is 0 Å². The molecule has 7 heteroatoms. The minimum Gasteiger partial charge on any atom is -0.504 e. The van der Waals surface area contributed by atoms with Crippen LogP contribution in [0, 0.1) is 0 Å². The highest BCUT2D eigenvalue weighted by molar-refractivity contribution is 5.98. The average Bonchev–Trinajstić information content (AvgIpc) is 2.74. The molecule has 1 heterocycles. The van der Waals surface area contributed by atoms with Crippen molar-refractivity contribution in [3.63, 3.8) is 0 Å². The van der Waals surface area contributed by atoms with Gasteiger partial charge in [0.15, 0.2) is 11.5 Å². The van der Waals surface area contributed by atoms with Gasteiger partial charge < -0.3 is 20.3 Å². The van der Waals surface area contributed by atoms with Crippen molar-refractivity contribution >= 4 is 28.4 Å². The summed E-state index contributed by atoms with van der Waals surface area (Å²) in [4.78, 5) is 20.1. The number of para-hydroxylation sites is 1. The van der Waals surface area contributed by atoms with E-state index in [0.717, 1.165) is 16.5 Å². The van der Waals surface area contributed by atoms with Gasteiger partial charge in [-0.15, -0.1) is 0 Å². The van der Waals surface area contributed by atoms with Gasteiger partial charge in [-0.2, -0.15) is 0 Å². The van der Waals surface area contributed by atoms with Crippen LogP contribution in [0.15, 0.2) is 67.0 Å². The van der Waals surface area contributed by atoms with Gasteiger partial charge in [-0.25, -0.2) is 14.8 Å². The second-order valence-electron chi connectivity index (χ2n) is 6.32. The van der Waals surface area contributed by atoms with Gasteiger partial charge in [0, 0.05) is 5.39 Å². The SMILES string of the molecule is COc1cc(-c2ccc3ncnc(Nc4ccccc4C(=O)O)c3c2)ccc1O. The minimum atomic E-state index is -1.02. The zero-order valence-electron chi connectivity index (χ0n) is 15.5. The number of hydrogen-bond donors (Lipinski definition) is 3. The Morgan fingerprint density at radius 3 is 2.55 bits per heavy atom. The lowest BCUT2D eigenvalue weighted by Gasteiger charge is -2.12. The summed E-state index contributed by atoms with van der Waals surface area (Å²) < 4.78 is 5.19. The predicted octanol–water partition coefficient (Wildman–Crippen LogP) is 4.45. The molecule has 0 aliphatic rings. The molecule has 0 bridgehead atoms. The number of methoxy groups -OCH3 is 1. The second-order valence-corrected chi connectivity index (χ2v) is 6.32. The number of phenols is 1. The summed E-state index contributed by atoms with van der Waals surface area (Å²) >= 11 is 0. The smallest absolute Gasteiger partial charge is 0.337 e. The number of nitrogens with one attached hydrogen (secondary N) is 1. The summed E-state index contributed by atoms with van der Waals surface area (Å²) in [5.41, 5.74) is 3.03. The lowest BCUT2D eigenvalue weighted by Crippen LogP contribution is -2.04. The third kappa shape index (κ3) is 3.53. The quantitative estimate of drug-likeness (QED) is 0.464. The van der Waals surface area contributed by atoms with E-state index in [9.17, 15) is 15.0 Å². The summed E-state index contributed by atoms with van der Waals surface area (Å²) in [5.74, 6) is -0.0896. The van der Waals surface area contributed by atoms with E-state index in [1.807, 2.05) is 18.2 Å². The Balaban J connectivity index is 1.81. The Morgan fingerprint density at radius 1 is 1.00 bits per heavy atom. The van der Waals surface area contributed by atoms with E-state index < -0.39 is 5.97 Å². The van der Waals surface area contributed by atoms with Crippen LogP contribution in [0.5, 0.6) is 11.5 Å². The first-order valence-electron chi connectivity index (χ1n) is 8.78. The van der Waals surface area contributed by atoms with Gasteiger partial charge >= 0.3 is 5.97 Å². The van der Waals surface area contributed by atoms with Gasteiger partial charge in [-0.05, 0) is 47.5 Å². The number of benzene rings is 3. The Hall–Kier alpha value is -4.13. The van der Waals surface area contributed by atoms with Gasteiger partial charge in [0.05, 0.1) is 23.9 Å². The van der Waals surface area contributed by atoms with E-state index in [1.54, 1.807) is 36.4 Å². The molecule has 0 amide bonds. The highest BCUT2D eigenvalue weighted by atomic mass is 16.5. The Kier molecular flexibility index (Phi) is 4.70. The molecule has 0 radical (unpaired) electrons. The Bertz CT molecular complexity index is 1220. The van der Waals surface area contributed by atoms with Crippen molar-refractivity contribution in [2.75, 3.05) is 12.4 Å². The fourth-order valence-electron chi connectivity index (χ4n) is 3.10. The van der Waals surface area contributed by atoms with Crippen LogP contribution in [0.4, 0.5) is 11.5 Å². The van der Waals surface area contributed by atoms with E-state index in [-0.39, 0.29) is 11.3 Å². The Labute approximate surface area is 166 Å². The molecule has 29 heavy (non-hydrogen) atoms. The molecule has 7 nitrogen and oxygen atoms in total. The van der Waals surface area contributed by atoms with Crippen LogP contribution in [0.25, 0.3) is 22.0 Å². The zero-order valence-corrected chi connectivity index (χ0v) is 15.5. The van der Waals surface area contributed by atoms with Gasteiger partial charge in [0.25, 0.3) is 0 Å². The van der Waals surface area contributed by atoms with E-state index in [0.29, 0.717) is 22.8 Å². The largest absolute Gasteiger partial charge is 0.504 e. The van der Waals surface area contributed by atoms with Crippen molar-refractivity contribution in [1.82, 2.24) is 9.97 Å². The first kappa shape index (κ1) is 18.2. The summed E-state index contributed by atoms with van der Waals surface area (Å²) in [7, 11) is 1.50. The van der Waals surface area contributed by atoms with E-state index in [2.05, 4.69) is 15.3 Å². The normalized spacial score (nSPS) is 10.7. The number of aromatic carboxylic acids is 1. The zero-order chi connectivity index (χ0) is 20.4. The fourth-order valence-corrected chi connectivity index (χ4v) is 3.10. The maximum atomic E-state index is 11.5. The number of carbonyl (C=O) groups is 1. The topological polar surface area (TPSA) is 105 Å². The first-order valence-corrected chi connectivity index (χ1v) is 8.78. The molecule has 3 aromatic carbocycles. The van der Waals surface area contributed by atoms with Crippen LogP contribution in [-0.4, -0.2) is 33.3 Å². The Morgan fingerprint density at radius 2 is 1.76 bits per heavy atom. The molecule has 1 aromatic heterocycles. The molecule has 4 rings (SSSR count). The van der Waals surface area contributed by atoms with Gasteiger partial charge in [0.2, 0.25) is 0 Å². The number of nitrogens with zero attached hydrogens (tertiary/aromatic N) is 2. The molecule has 0 spiro atoms. The maximum absolute atomic E-state index is 11.5. The summed E-state index contributed by atoms with van der Waals surface area (Å²) in [6, 6.07) is 17.4. The summed E-state index contributed by atoms with van der Waals surface area (Å²) in [6.07, 6.45) is 1.43. The molecule has 0 unspecified atom stereocenters. The van der Waals surface area contributed by atoms with Crippen LogP contribution < -0.4 is 10.1 Å². The van der Waals surface area contributed by atoms with Crippen molar-refractivity contribution in [1.29, 1.82) is 0 Å². The predicted molar refractivity (Wildman–Crippen MR) is 110 cm³/mol. The fraction of sp³-hybridized carbons (Fsp3) is 0.0455. The molecule has 0 atom stereocenters. The number of fused-ring (bicyclic) bond motifs is 1. The molecule has 0 saturated carbocycles. The third-order valence-corrected chi connectivity index (χ3v) is 4.56. The van der Waals surface area contributed by atoms with Crippen molar-refractivity contribution in [3.8, 4) is 22.6 Å². The van der Waals surface area contributed by atoms with Crippen molar-refractivity contribution in [3.05, 3.63) is 72.6 Å². The molecule has 144 valence electrons. The number of carboxylic acids is 1. The van der Waals surface area contributed by atoms with Crippen LogP contribution >= 0.6 is 0 Å². The number of aromatic hydroxyl groups is 1. The van der Waals surface area contributed by atoms with E-state index in [4.69, 9.17) is 4.74 Å². The van der Waals surface area contributed by atoms with Gasteiger partial charge in [-0.3, -0.25) is 0 Å². The minimum absolute atomic E-state index is 0.0630. The van der Waals surface area contributed by atoms with Crippen molar-refractivity contribution in [2.45, 2.75) is 0 Å². The number of carboxylic acid groups (broad SMARTS) is 1. The number of phenolic OH excluding ortho intramolecular Hbond substituents is 1. The summed E-state index contributed by atoms with van der Waals surface area (Å²) in [6.45, 7) is 0. The molecular formula is C22H17N3O4. The molecule has 0 fully saturated rings. The lowest BCUT2D eigenvalue weighted by molar-refractivity contribution is 0.0698. The molecule has 0 aliphatic heterocycles.